The molecule has 2 rings (SSSR count). The second kappa shape index (κ2) is 4.75. The van der Waals surface area contributed by atoms with Crippen molar-refractivity contribution in [1.82, 2.24) is 20.3 Å². The van der Waals surface area contributed by atoms with Crippen molar-refractivity contribution in [2.24, 2.45) is 12.5 Å². The van der Waals surface area contributed by atoms with Gasteiger partial charge in [0.1, 0.15) is 0 Å². The van der Waals surface area contributed by atoms with Gasteiger partial charge in [-0.2, -0.15) is 9.90 Å². The number of hydrogen-bond acceptors (Lipinski definition) is 4. The van der Waals surface area contributed by atoms with Crippen LogP contribution in [0, 0.1) is 5.41 Å². The summed E-state index contributed by atoms with van der Waals surface area (Å²) >= 11 is 0. The summed E-state index contributed by atoms with van der Waals surface area (Å²) in [5.74, 6) is -1.21. The molecule has 7 nitrogen and oxygen atoms in total. The SMILES string of the molecule is Cn1ncc(C(=O)NCC2(C(=O)O)CCCC2)n1. The molecule has 1 amide bonds. The van der Waals surface area contributed by atoms with Gasteiger partial charge in [0.25, 0.3) is 5.91 Å². The second-order valence-electron chi connectivity index (χ2n) is 4.69. The summed E-state index contributed by atoms with van der Waals surface area (Å²) in [6.45, 7) is 0.151. The lowest BCUT2D eigenvalue weighted by atomic mass is 9.86. The van der Waals surface area contributed by atoms with Gasteiger partial charge in [0.15, 0.2) is 5.69 Å². The first-order valence-electron chi connectivity index (χ1n) is 5.91. The fraction of sp³-hybridized carbons (Fsp3) is 0.636. The second-order valence-corrected chi connectivity index (χ2v) is 4.69. The zero-order chi connectivity index (χ0) is 13.2. The zero-order valence-electron chi connectivity index (χ0n) is 10.2. The van der Waals surface area contributed by atoms with Crippen LogP contribution < -0.4 is 5.32 Å². The maximum absolute atomic E-state index is 11.8. The van der Waals surface area contributed by atoms with Gasteiger partial charge < -0.3 is 10.4 Å². The van der Waals surface area contributed by atoms with E-state index in [0.29, 0.717) is 12.8 Å². The molecule has 0 aromatic carbocycles. The van der Waals surface area contributed by atoms with Crippen molar-refractivity contribution in [2.45, 2.75) is 25.7 Å². The molecule has 0 bridgehead atoms. The predicted octanol–water partition coefficient (Wildman–Crippen LogP) is 0.190. The molecular formula is C11H16N4O3. The molecule has 0 spiro atoms. The highest BCUT2D eigenvalue weighted by molar-refractivity contribution is 5.92. The quantitative estimate of drug-likeness (QED) is 0.797. The Hall–Kier alpha value is -1.92. The Morgan fingerprint density at radius 1 is 1.50 bits per heavy atom. The first kappa shape index (κ1) is 12.5. The molecule has 1 aliphatic carbocycles. The van der Waals surface area contributed by atoms with Crippen LogP contribution in [0.2, 0.25) is 0 Å². The summed E-state index contributed by atoms with van der Waals surface area (Å²) in [7, 11) is 1.62. The summed E-state index contributed by atoms with van der Waals surface area (Å²) in [4.78, 5) is 24.3. The van der Waals surface area contributed by atoms with E-state index in [1.165, 1.54) is 11.0 Å². The van der Waals surface area contributed by atoms with Crippen LogP contribution in [-0.4, -0.2) is 38.5 Å². The van der Waals surface area contributed by atoms with Gasteiger partial charge in [-0.15, -0.1) is 5.10 Å². The Bertz CT molecular complexity index is 463. The van der Waals surface area contributed by atoms with E-state index in [-0.39, 0.29) is 18.1 Å². The molecule has 2 N–H and O–H groups in total. The van der Waals surface area contributed by atoms with Gasteiger partial charge in [-0.05, 0) is 12.8 Å². The number of carbonyl (C=O) groups is 2. The van der Waals surface area contributed by atoms with Crippen molar-refractivity contribution in [1.29, 1.82) is 0 Å². The number of aromatic nitrogens is 3. The van der Waals surface area contributed by atoms with Crippen LogP contribution in [0.4, 0.5) is 0 Å². The molecule has 1 aromatic rings. The third-order valence-electron chi connectivity index (χ3n) is 3.43. The van der Waals surface area contributed by atoms with Crippen molar-refractivity contribution in [3.05, 3.63) is 11.9 Å². The third-order valence-corrected chi connectivity index (χ3v) is 3.43. The van der Waals surface area contributed by atoms with E-state index in [9.17, 15) is 14.7 Å². The van der Waals surface area contributed by atoms with Crippen LogP contribution in [0.1, 0.15) is 36.2 Å². The number of carboxylic acids is 1. The van der Waals surface area contributed by atoms with Crippen molar-refractivity contribution >= 4 is 11.9 Å². The normalized spacial score (nSPS) is 17.6. The molecule has 0 radical (unpaired) electrons. The maximum Gasteiger partial charge on any atom is 0.311 e. The molecule has 7 heteroatoms. The molecule has 18 heavy (non-hydrogen) atoms. The minimum Gasteiger partial charge on any atom is -0.481 e. The summed E-state index contributed by atoms with van der Waals surface area (Å²) in [5, 5.41) is 19.6. The molecular weight excluding hydrogens is 236 g/mol. The number of amides is 1. The number of carbonyl (C=O) groups excluding carboxylic acids is 1. The standard InChI is InChI=1S/C11H16N4O3/c1-15-13-6-8(14-15)9(16)12-7-11(10(17)18)4-2-3-5-11/h6H,2-5,7H2,1H3,(H,12,16)(H,17,18). The Morgan fingerprint density at radius 2 is 2.17 bits per heavy atom. The third kappa shape index (κ3) is 2.34. The van der Waals surface area contributed by atoms with Crippen molar-refractivity contribution in [3.63, 3.8) is 0 Å². The molecule has 0 unspecified atom stereocenters. The first-order chi connectivity index (χ1) is 8.53. The number of rotatable bonds is 4. The van der Waals surface area contributed by atoms with E-state index in [0.717, 1.165) is 12.8 Å². The van der Waals surface area contributed by atoms with Gasteiger partial charge in [0.05, 0.1) is 11.6 Å². The van der Waals surface area contributed by atoms with Gasteiger partial charge in [0, 0.05) is 13.6 Å². The van der Waals surface area contributed by atoms with Gasteiger partial charge >= 0.3 is 5.97 Å². The lowest BCUT2D eigenvalue weighted by Crippen LogP contribution is -2.41. The summed E-state index contributed by atoms with van der Waals surface area (Å²) in [5.41, 5.74) is -0.603. The Kier molecular flexibility index (Phi) is 3.31. The van der Waals surface area contributed by atoms with E-state index in [1.54, 1.807) is 7.05 Å². The molecule has 0 saturated heterocycles. The Labute approximate surface area is 104 Å². The highest BCUT2D eigenvalue weighted by Gasteiger charge is 2.41. The predicted molar refractivity (Wildman–Crippen MR) is 61.9 cm³/mol. The molecule has 1 fully saturated rings. The van der Waals surface area contributed by atoms with Crippen molar-refractivity contribution < 1.29 is 14.7 Å². The highest BCUT2D eigenvalue weighted by atomic mass is 16.4. The van der Waals surface area contributed by atoms with E-state index in [2.05, 4.69) is 15.5 Å². The number of hydrogen-bond donors (Lipinski definition) is 2. The number of nitrogens with one attached hydrogen (secondary N) is 1. The number of aliphatic carboxylic acids is 1. The van der Waals surface area contributed by atoms with E-state index in [4.69, 9.17) is 0 Å². The van der Waals surface area contributed by atoms with Crippen LogP contribution in [0.15, 0.2) is 6.20 Å². The Balaban J connectivity index is 1.98. The molecule has 0 aliphatic heterocycles. The lowest BCUT2D eigenvalue weighted by molar-refractivity contribution is -0.148. The minimum absolute atomic E-state index is 0.151. The molecule has 1 saturated carbocycles. The van der Waals surface area contributed by atoms with Crippen LogP contribution in [-0.2, 0) is 11.8 Å². The molecule has 1 aromatic heterocycles. The lowest BCUT2D eigenvalue weighted by Gasteiger charge is -2.23. The van der Waals surface area contributed by atoms with E-state index >= 15 is 0 Å². The largest absolute Gasteiger partial charge is 0.481 e. The van der Waals surface area contributed by atoms with Crippen LogP contribution in [0.3, 0.4) is 0 Å². The highest BCUT2D eigenvalue weighted by Crippen LogP contribution is 2.37. The Morgan fingerprint density at radius 3 is 2.67 bits per heavy atom. The van der Waals surface area contributed by atoms with Gasteiger partial charge in [-0.1, -0.05) is 12.8 Å². The monoisotopic (exact) mass is 252 g/mol. The number of aryl methyl sites for hydroxylation is 1. The fourth-order valence-electron chi connectivity index (χ4n) is 2.31. The van der Waals surface area contributed by atoms with E-state index in [1.807, 2.05) is 0 Å². The van der Waals surface area contributed by atoms with Gasteiger partial charge in [0.2, 0.25) is 0 Å². The zero-order valence-corrected chi connectivity index (χ0v) is 10.2. The molecule has 1 aliphatic rings. The van der Waals surface area contributed by atoms with Gasteiger partial charge in [-0.3, -0.25) is 9.59 Å². The number of carboxylic acid groups (broad SMARTS) is 1. The fourth-order valence-corrected chi connectivity index (χ4v) is 2.31. The van der Waals surface area contributed by atoms with Crippen molar-refractivity contribution in [3.8, 4) is 0 Å². The molecule has 0 atom stereocenters. The topological polar surface area (TPSA) is 97.1 Å². The summed E-state index contributed by atoms with van der Waals surface area (Å²) in [6, 6.07) is 0. The summed E-state index contributed by atoms with van der Waals surface area (Å²) < 4.78 is 0. The first-order valence-corrected chi connectivity index (χ1v) is 5.91. The van der Waals surface area contributed by atoms with Crippen LogP contribution in [0.5, 0.6) is 0 Å². The van der Waals surface area contributed by atoms with E-state index < -0.39 is 11.4 Å². The minimum atomic E-state index is -0.834. The average molecular weight is 252 g/mol. The smallest absolute Gasteiger partial charge is 0.311 e. The van der Waals surface area contributed by atoms with Crippen LogP contribution >= 0.6 is 0 Å². The maximum atomic E-state index is 11.8. The molecule has 98 valence electrons. The summed E-state index contributed by atoms with van der Waals surface area (Å²) in [6.07, 6.45) is 4.38. The van der Waals surface area contributed by atoms with Crippen molar-refractivity contribution in [2.75, 3.05) is 6.54 Å². The van der Waals surface area contributed by atoms with Gasteiger partial charge in [-0.25, -0.2) is 0 Å². The molecule has 1 heterocycles. The van der Waals surface area contributed by atoms with Crippen LogP contribution in [0.25, 0.3) is 0 Å². The number of nitrogens with zero attached hydrogens (tertiary/aromatic N) is 3. The average Bonchev–Trinajstić information content (AvgIpc) is 2.95.